The quantitative estimate of drug-likeness (QED) is 0.833. The Morgan fingerprint density at radius 2 is 2.23 bits per heavy atom. The van der Waals surface area contributed by atoms with Crippen LogP contribution in [0.25, 0.3) is 0 Å². The van der Waals surface area contributed by atoms with E-state index in [0.29, 0.717) is 0 Å². The van der Waals surface area contributed by atoms with E-state index in [1.165, 1.54) is 11.3 Å². The minimum absolute atomic E-state index is 0.258. The summed E-state index contributed by atoms with van der Waals surface area (Å²) in [7, 11) is -3.41. The average molecular weight is 217 g/mol. The Morgan fingerprint density at radius 1 is 1.54 bits per heavy atom. The van der Waals surface area contributed by atoms with Crippen LogP contribution in [0.2, 0.25) is 0 Å². The summed E-state index contributed by atoms with van der Waals surface area (Å²) in [6.07, 6.45) is 1.97. The van der Waals surface area contributed by atoms with Crippen molar-refractivity contribution in [3.8, 4) is 0 Å². The molecule has 2 rings (SSSR count). The van der Waals surface area contributed by atoms with Crippen LogP contribution in [-0.4, -0.2) is 8.42 Å². The van der Waals surface area contributed by atoms with Gasteiger partial charge in [0.25, 0.3) is 0 Å². The Kier molecular flexibility index (Phi) is 2.17. The van der Waals surface area contributed by atoms with E-state index in [0.717, 1.165) is 17.7 Å². The lowest BCUT2D eigenvalue weighted by atomic mass is 10.2. The standard InChI is InChI=1S/C8H11NO2S2/c9-13(10,11)8(6-3-4-6)7-2-1-5-12-7/h1-2,5-6,8H,3-4H2,(H2,9,10,11). The first kappa shape index (κ1) is 9.18. The highest BCUT2D eigenvalue weighted by molar-refractivity contribution is 7.89. The van der Waals surface area contributed by atoms with Crippen LogP contribution < -0.4 is 5.14 Å². The van der Waals surface area contributed by atoms with Gasteiger partial charge < -0.3 is 0 Å². The van der Waals surface area contributed by atoms with Gasteiger partial charge in [-0.15, -0.1) is 11.3 Å². The fourth-order valence-electron chi connectivity index (χ4n) is 1.51. The molecule has 0 amide bonds. The minimum Gasteiger partial charge on any atom is -0.228 e. The van der Waals surface area contributed by atoms with Gasteiger partial charge in [-0.3, -0.25) is 0 Å². The van der Waals surface area contributed by atoms with Gasteiger partial charge in [-0.1, -0.05) is 6.07 Å². The largest absolute Gasteiger partial charge is 0.228 e. The molecule has 0 bridgehead atoms. The molecule has 5 heteroatoms. The zero-order valence-electron chi connectivity index (χ0n) is 7.01. The molecular weight excluding hydrogens is 206 g/mol. The van der Waals surface area contributed by atoms with Gasteiger partial charge in [-0.2, -0.15) is 0 Å². The Hall–Kier alpha value is -0.390. The van der Waals surface area contributed by atoms with E-state index in [1.807, 2.05) is 17.5 Å². The summed E-state index contributed by atoms with van der Waals surface area (Å²) in [4.78, 5) is 0.880. The third-order valence-electron chi connectivity index (χ3n) is 2.23. The lowest BCUT2D eigenvalue weighted by Gasteiger charge is -2.10. The van der Waals surface area contributed by atoms with Gasteiger partial charge in [0.1, 0.15) is 5.25 Å². The molecule has 0 spiro atoms. The molecule has 2 N–H and O–H groups in total. The molecular formula is C8H11NO2S2. The second kappa shape index (κ2) is 3.08. The average Bonchev–Trinajstić information content (AvgIpc) is 2.63. The molecule has 3 nitrogen and oxygen atoms in total. The zero-order chi connectivity index (χ0) is 9.47. The maximum Gasteiger partial charge on any atom is 0.217 e. The van der Waals surface area contributed by atoms with Crippen molar-refractivity contribution in [3.05, 3.63) is 22.4 Å². The highest BCUT2D eigenvalue weighted by atomic mass is 32.2. The maximum absolute atomic E-state index is 11.3. The lowest BCUT2D eigenvalue weighted by molar-refractivity contribution is 0.575. The number of sulfonamides is 1. The molecule has 72 valence electrons. The van der Waals surface area contributed by atoms with Crippen LogP contribution in [0.5, 0.6) is 0 Å². The molecule has 1 atom stereocenters. The third kappa shape index (κ3) is 1.92. The summed E-state index contributed by atoms with van der Waals surface area (Å²) in [5.74, 6) is 0.258. The summed E-state index contributed by atoms with van der Waals surface area (Å²) < 4.78 is 22.6. The number of hydrogen-bond donors (Lipinski definition) is 1. The van der Waals surface area contributed by atoms with Gasteiger partial charge in [0, 0.05) is 4.88 Å². The predicted molar refractivity (Wildman–Crippen MR) is 52.9 cm³/mol. The van der Waals surface area contributed by atoms with E-state index in [9.17, 15) is 8.42 Å². The lowest BCUT2D eigenvalue weighted by Crippen LogP contribution is -2.22. The van der Waals surface area contributed by atoms with Gasteiger partial charge in [0.15, 0.2) is 0 Å². The van der Waals surface area contributed by atoms with Crippen LogP contribution in [0.3, 0.4) is 0 Å². The number of thiophene rings is 1. The van der Waals surface area contributed by atoms with Crippen molar-refractivity contribution in [1.82, 2.24) is 0 Å². The summed E-state index contributed by atoms with van der Waals surface area (Å²) in [5, 5.41) is 6.62. The first-order chi connectivity index (χ1) is 6.09. The summed E-state index contributed by atoms with van der Waals surface area (Å²) in [6.45, 7) is 0. The van der Waals surface area contributed by atoms with E-state index in [2.05, 4.69) is 0 Å². The van der Waals surface area contributed by atoms with Crippen molar-refractivity contribution in [3.63, 3.8) is 0 Å². The molecule has 13 heavy (non-hydrogen) atoms. The van der Waals surface area contributed by atoms with E-state index >= 15 is 0 Å². The van der Waals surface area contributed by atoms with Crippen LogP contribution in [0, 0.1) is 5.92 Å². The first-order valence-electron chi connectivity index (χ1n) is 4.14. The van der Waals surface area contributed by atoms with E-state index in [-0.39, 0.29) is 5.92 Å². The monoisotopic (exact) mass is 217 g/mol. The molecule has 1 fully saturated rings. The Labute approximate surface area is 81.6 Å². The summed E-state index contributed by atoms with van der Waals surface area (Å²) >= 11 is 1.47. The summed E-state index contributed by atoms with van der Waals surface area (Å²) in [5.41, 5.74) is 0. The second-order valence-corrected chi connectivity index (χ2v) is 6.03. The molecule has 1 aliphatic rings. The molecule has 1 aromatic rings. The van der Waals surface area contributed by atoms with Crippen LogP contribution >= 0.6 is 11.3 Å². The van der Waals surface area contributed by atoms with E-state index in [4.69, 9.17) is 5.14 Å². The highest BCUT2D eigenvalue weighted by Gasteiger charge is 2.39. The SMILES string of the molecule is NS(=O)(=O)C(c1cccs1)C1CC1. The Balaban J connectivity index is 2.35. The van der Waals surface area contributed by atoms with Gasteiger partial charge in [0.05, 0.1) is 0 Å². The maximum atomic E-state index is 11.3. The Morgan fingerprint density at radius 3 is 2.62 bits per heavy atom. The van der Waals surface area contributed by atoms with Crippen molar-refractivity contribution in [2.45, 2.75) is 18.1 Å². The fraction of sp³-hybridized carbons (Fsp3) is 0.500. The number of nitrogens with two attached hydrogens (primary N) is 1. The molecule has 0 saturated heterocycles. The molecule has 0 radical (unpaired) electrons. The van der Waals surface area contributed by atoms with Crippen molar-refractivity contribution in [1.29, 1.82) is 0 Å². The molecule has 1 aliphatic carbocycles. The third-order valence-corrected chi connectivity index (χ3v) is 4.68. The van der Waals surface area contributed by atoms with Crippen molar-refractivity contribution in [2.75, 3.05) is 0 Å². The number of primary sulfonamides is 1. The van der Waals surface area contributed by atoms with Gasteiger partial charge in [-0.25, -0.2) is 13.6 Å². The van der Waals surface area contributed by atoms with Gasteiger partial charge in [0.2, 0.25) is 10.0 Å². The first-order valence-corrected chi connectivity index (χ1v) is 6.63. The molecule has 1 unspecified atom stereocenters. The Bertz CT molecular complexity index is 378. The van der Waals surface area contributed by atoms with E-state index in [1.54, 1.807) is 0 Å². The minimum atomic E-state index is -3.41. The highest BCUT2D eigenvalue weighted by Crippen LogP contribution is 2.45. The predicted octanol–water partition coefficient (Wildman–Crippen LogP) is 1.49. The topological polar surface area (TPSA) is 60.2 Å². The van der Waals surface area contributed by atoms with Gasteiger partial charge in [-0.05, 0) is 30.2 Å². The van der Waals surface area contributed by atoms with Crippen LogP contribution in [-0.2, 0) is 10.0 Å². The molecule has 1 saturated carbocycles. The molecule has 0 aliphatic heterocycles. The normalized spacial score (nSPS) is 20.1. The number of rotatable bonds is 3. The van der Waals surface area contributed by atoms with Crippen LogP contribution in [0.1, 0.15) is 23.0 Å². The molecule has 1 heterocycles. The van der Waals surface area contributed by atoms with Crippen molar-refractivity contribution < 1.29 is 8.42 Å². The van der Waals surface area contributed by atoms with Crippen LogP contribution in [0.4, 0.5) is 0 Å². The number of hydrogen-bond acceptors (Lipinski definition) is 3. The van der Waals surface area contributed by atoms with E-state index < -0.39 is 15.3 Å². The molecule has 1 aromatic heterocycles. The van der Waals surface area contributed by atoms with Crippen molar-refractivity contribution in [2.24, 2.45) is 11.1 Å². The van der Waals surface area contributed by atoms with Crippen molar-refractivity contribution >= 4 is 21.4 Å². The zero-order valence-corrected chi connectivity index (χ0v) is 8.64. The summed E-state index contributed by atoms with van der Waals surface area (Å²) in [6, 6.07) is 3.71. The molecule has 0 aromatic carbocycles. The fourth-order valence-corrected chi connectivity index (χ4v) is 4.09. The second-order valence-electron chi connectivity index (χ2n) is 3.36. The smallest absolute Gasteiger partial charge is 0.217 e. The van der Waals surface area contributed by atoms with Gasteiger partial charge >= 0.3 is 0 Å². The van der Waals surface area contributed by atoms with Crippen LogP contribution in [0.15, 0.2) is 17.5 Å².